The van der Waals surface area contributed by atoms with Crippen LogP contribution in [-0.4, -0.2) is 11.9 Å². The topological polar surface area (TPSA) is 69.1 Å². The fourth-order valence-corrected chi connectivity index (χ4v) is 1.44. The number of nitrogens with two attached hydrogens (primary N) is 2. The molecule has 3 heteroatoms. The van der Waals surface area contributed by atoms with Crippen LogP contribution in [-0.2, 0) is 4.79 Å². The van der Waals surface area contributed by atoms with Crippen LogP contribution in [0.15, 0.2) is 0 Å². The normalized spacial score (nSPS) is 36.7. The first-order valence-corrected chi connectivity index (χ1v) is 3.51. The van der Waals surface area contributed by atoms with E-state index in [1.165, 1.54) is 0 Å². The molecule has 2 unspecified atom stereocenters. The summed E-state index contributed by atoms with van der Waals surface area (Å²) in [7, 11) is 0. The van der Waals surface area contributed by atoms with Gasteiger partial charge in [0.25, 0.3) is 0 Å². The number of rotatable bonds is 1. The number of primary amides is 1. The summed E-state index contributed by atoms with van der Waals surface area (Å²) >= 11 is 0. The maximum absolute atomic E-state index is 10.7. The summed E-state index contributed by atoms with van der Waals surface area (Å²) < 4.78 is 0. The van der Waals surface area contributed by atoms with Crippen LogP contribution in [0.4, 0.5) is 0 Å². The highest BCUT2D eigenvalue weighted by molar-refractivity contribution is 5.78. The molecule has 0 aromatic rings. The lowest BCUT2D eigenvalue weighted by Gasteiger charge is -2.48. The van der Waals surface area contributed by atoms with Gasteiger partial charge in [-0.15, -0.1) is 0 Å². The van der Waals surface area contributed by atoms with Crippen LogP contribution in [0.1, 0.15) is 20.3 Å². The second kappa shape index (κ2) is 1.95. The molecule has 0 aliphatic heterocycles. The number of hydrogen-bond donors (Lipinski definition) is 2. The Bertz CT molecular complexity index is 165. The summed E-state index contributed by atoms with van der Waals surface area (Å²) in [4.78, 5) is 10.7. The Kier molecular flexibility index (Phi) is 1.47. The molecule has 0 aromatic heterocycles. The predicted molar refractivity (Wildman–Crippen MR) is 39.1 cm³/mol. The standard InChI is InChI=1S/C7H14N2O/c1-7(2)4(6(9)10)3-5(7)8/h4-5H,3,8H2,1-2H3,(H2,9,10). The summed E-state index contributed by atoms with van der Waals surface area (Å²) in [6, 6.07) is 0.144. The van der Waals surface area contributed by atoms with Crippen molar-refractivity contribution in [3.63, 3.8) is 0 Å². The molecule has 1 aliphatic rings. The van der Waals surface area contributed by atoms with E-state index in [4.69, 9.17) is 11.5 Å². The Morgan fingerprint density at radius 1 is 1.60 bits per heavy atom. The molecule has 0 saturated heterocycles. The lowest BCUT2D eigenvalue weighted by Crippen LogP contribution is -2.58. The van der Waals surface area contributed by atoms with Gasteiger partial charge in [0, 0.05) is 12.0 Å². The van der Waals surface area contributed by atoms with E-state index in [0.29, 0.717) is 0 Å². The minimum Gasteiger partial charge on any atom is -0.369 e. The first-order valence-electron chi connectivity index (χ1n) is 3.51. The van der Waals surface area contributed by atoms with Gasteiger partial charge in [-0.05, 0) is 11.8 Å². The van der Waals surface area contributed by atoms with Gasteiger partial charge in [-0.25, -0.2) is 0 Å². The highest BCUT2D eigenvalue weighted by Gasteiger charge is 2.48. The quantitative estimate of drug-likeness (QED) is 0.534. The summed E-state index contributed by atoms with van der Waals surface area (Å²) in [5.41, 5.74) is 10.7. The Labute approximate surface area is 60.8 Å². The van der Waals surface area contributed by atoms with E-state index in [-0.39, 0.29) is 23.3 Å². The van der Waals surface area contributed by atoms with Crippen molar-refractivity contribution in [1.29, 1.82) is 0 Å². The average Bonchev–Trinajstić information content (AvgIpc) is 1.82. The SMILES string of the molecule is CC1(C)C(N)CC1C(N)=O. The summed E-state index contributed by atoms with van der Waals surface area (Å²) in [6.45, 7) is 3.97. The lowest BCUT2D eigenvalue weighted by atomic mass is 9.59. The fraction of sp³-hybridized carbons (Fsp3) is 0.857. The Morgan fingerprint density at radius 3 is 2.20 bits per heavy atom. The molecule has 1 rings (SSSR count). The van der Waals surface area contributed by atoms with Gasteiger partial charge in [-0.2, -0.15) is 0 Å². The molecule has 58 valence electrons. The smallest absolute Gasteiger partial charge is 0.221 e. The van der Waals surface area contributed by atoms with Crippen LogP contribution >= 0.6 is 0 Å². The van der Waals surface area contributed by atoms with Gasteiger partial charge in [0.05, 0.1) is 0 Å². The first kappa shape index (κ1) is 7.54. The zero-order chi connectivity index (χ0) is 7.94. The number of hydrogen-bond acceptors (Lipinski definition) is 2. The third-order valence-electron chi connectivity index (χ3n) is 2.69. The van der Waals surface area contributed by atoms with E-state index >= 15 is 0 Å². The van der Waals surface area contributed by atoms with Gasteiger partial charge >= 0.3 is 0 Å². The number of carbonyl (C=O) groups is 1. The molecule has 10 heavy (non-hydrogen) atoms. The molecule has 0 aromatic carbocycles. The van der Waals surface area contributed by atoms with Crippen molar-refractivity contribution in [2.75, 3.05) is 0 Å². The van der Waals surface area contributed by atoms with Gasteiger partial charge in [0.15, 0.2) is 0 Å². The van der Waals surface area contributed by atoms with Crippen molar-refractivity contribution in [1.82, 2.24) is 0 Å². The maximum Gasteiger partial charge on any atom is 0.221 e. The summed E-state index contributed by atoms with van der Waals surface area (Å²) in [5, 5.41) is 0. The molecule has 1 fully saturated rings. The minimum atomic E-state index is -0.216. The van der Waals surface area contributed by atoms with Gasteiger partial charge in [0.1, 0.15) is 0 Å². The molecule has 1 aliphatic carbocycles. The maximum atomic E-state index is 10.7. The number of amides is 1. The Morgan fingerprint density at radius 2 is 2.10 bits per heavy atom. The average molecular weight is 142 g/mol. The molecule has 1 saturated carbocycles. The minimum absolute atomic E-state index is 0.0116. The monoisotopic (exact) mass is 142 g/mol. The van der Waals surface area contributed by atoms with Crippen molar-refractivity contribution in [2.45, 2.75) is 26.3 Å². The fourth-order valence-electron chi connectivity index (χ4n) is 1.44. The molecule has 1 amide bonds. The highest BCUT2D eigenvalue weighted by atomic mass is 16.1. The molecule has 4 N–H and O–H groups in total. The third-order valence-corrected chi connectivity index (χ3v) is 2.69. The lowest BCUT2D eigenvalue weighted by molar-refractivity contribution is -0.132. The van der Waals surface area contributed by atoms with Crippen LogP contribution in [0.5, 0.6) is 0 Å². The van der Waals surface area contributed by atoms with Crippen LogP contribution in [0.25, 0.3) is 0 Å². The molecule has 0 bridgehead atoms. The van der Waals surface area contributed by atoms with Crippen LogP contribution in [0.3, 0.4) is 0 Å². The highest BCUT2D eigenvalue weighted by Crippen LogP contribution is 2.44. The zero-order valence-electron chi connectivity index (χ0n) is 6.42. The van der Waals surface area contributed by atoms with Gasteiger partial charge < -0.3 is 11.5 Å². The van der Waals surface area contributed by atoms with E-state index < -0.39 is 0 Å². The zero-order valence-corrected chi connectivity index (χ0v) is 6.42. The summed E-state index contributed by atoms with van der Waals surface area (Å²) in [5.74, 6) is -0.228. The van der Waals surface area contributed by atoms with Crippen molar-refractivity contribution < 1.29 is 4.79 Å². The van der Waals surface area contributed by atoms with E-state index in [9.17, 15) is 4.79 Å². The van der Waals surface area contributed by atoms with Crippen molar-refractivity contribution >= 4 is 5.91 Å². The van der Waals surface area contributed by atoms with Crippen molar-refractivity contribution in [3.8, 4) is 0 Å². The van der Waals surface area contributed by atoms with Crippen LogP contribution in [0.2, 0.25) is 0 Å². The molecule has 0 spiro atoms. The Hall–Kier alpha value is -0.570. The second-order valence-electron chi connectivity index (χ2n) is 3.62. The first-order chi connectivity index (χ1) is 4.46. The van der Waals surface area contributed by atoms with Gasteiger partial charge in [0.2, 0.25) is 5.91 Å². The summed E-state index contributed by atoms with van der Waals surface area (Å²) in [6.07, 6.45) is 0.752. The molecule has 0 radical (unpaired) electrons. The van der Waals surface area contributed by atoms with Crippen molar-refractivity contribution in [3.05, 3.63) is 0 Å². The van der Waals surface area contributed by atoms with Crippen molar-refractivity contribution in [2.24, 2.45) is 22.8 Å². The molecule has 2 atom stereocenters. The second-order valence-corrected chi connectivity index (χ2v) is 3.62. The molecular formula is C7H14N2O. The van der Waals surface area contributed by atoms with Gasteiger partial charge in [-0.1, -0.05) is 13.8 Å². The van der Waals surface area contributed by atoms with Crippen LogP contribution in [0, 0.1) is 11.3 Å². The predicted octanol–water partition coefficient (Wildman–Crippen LogP) is -0.155. The van der Waals surface area contributed by atoms with E-state index in [1.807, 2.05) is 13.8 Å². The Balaban J connectivity index is 2.63. The molecular weight excluding hydrogens is 128 g/mol. The number of carbonyl (C=O) groups excluding carboxylic acids is 1. The molecule has 0 heterocycles. The largest absolute Gasteiger partial charge is 0.369 e. The van der Waals surface area contributed by atoms with E-state index in [1.54, 1.807) is 0 Å². The van der Waals surface area contributed by atoms with E-state index in [2.05, 4.69) is 0 Å². The van der Waals surface area contributed by atoms with Gasteiger partial charge in [-0.3, -0.25) is 4.79 Å². The van der Waals surface area contributed by atoms with E-state index in [0.717, 1.165) is 6.42 Å². The van der Waals surface area contributed by atoms with Crippen LogP contribution < -0.4 is 11.5 Å². The molecule has 3 nitrogen and oxygen atoms in total. The third kappa shape index (κ3) is 0.814.